The Bertz CT molecular complexity index is 4440. The minimum Gasteiger partial charge on any atom is -0.490 e. The third-order valence-electron chi connectivity index (χ3n) is 28.3. The summed E-state index contributed by atoms with van der Waals surface area (Å²) in [5.74, 6) is 14.3. The normalized spacial score (nSPS) is 27.1. The second-order valence-corrected chi connectivity index (χ2v) is 39.5. The lowest BCUT2D eigenvalue weighted by molar-refractivity contribution is -0.119. The summed E-state index contributed by atoms with van der Waals surface area (Å²) in [6, 6.07) is 16.2. The molecule has 129 heavy (non-hydrogen) atoms. The highest BCUT2D eigenvalue weighted by Crippen LogP contribution is 2.54. The van der Waals surface area contributed by atoms with Gasteiger partial charge in [0, 0.05) is 119 Å². The van der Waals surface area contributed by atoms with Crippen molar-refractivity contribution in [1.82, 2.24) is 66.3 Å². The topological polar surface area (TPSA) is 302 Å². The molecule has 6 saturated heterocycles. The van der Waals surface area contributed by atoms with Crippen molar-refractivity contribution >= 4 is 34.8 Å². The third kappa shape index (κ3) is 34.4. The number of ketones is 5. The van der Waals surface area contributed by atoms with Crippen LogP contribution in [-0.2, 0) is 41.6 Å². The van der Waals surface area contributed by atoms with Crippen LogP contribution in [0.4, 0.5) is 0 Å². The van der Waals surface area contributed by atoms with Gasteiger partial charge < -0.3 is 83.9 Å². The smallest absolute Gasteiger partial charge is 0.217 e. The summed E-state index contributed by atoms with van der Waals surface area (Å²) in [6.45, 7) is 21.1. The number of hydrogen-bond acceptors (Lipinski definition) is 24. The Hall–Kier alpha value is -8.72. The zero-order chi connectivity index (χ0) is 90.4. The summed E-state index contributed by atoms with van der Waals surface area (Å²) in [4.78, 5) is 96.5. The van der Waals surface area contributed by atoms with Crippen LogP contribution in [0.3, 0.4) is 0 Å². The number of likely N-dealkylation sites (N-methyl/N-ethyl adjacent to an activating group) is 2. The molecule has 0 bridgehead atoms. The van der Waals surface area contributed by atoms with Gasteiger partial charge in [0.25, 0.3) is 0 Å². The molecule has 1 unspecified atom stereocenters. The van der Waals surface area contributed by atoms with E-state index in [9.17, 15) is 28.8 Å². The molecule has 6 saturated carbocycles. The van der Waals surface area contributed by atoms with Crippen LogP contribution >= 0.6 is 0 Å². The standard InChI is InChI=1S/C19H28N2O2.2C18H26N2O2.2C17H24N2O2.C15H21N3O2/c1-14(22)5-3-6-15-10-19(15)16-9-18(12-20-11-16)23-13-17-7-4-8-21(17)2;1-13(21)4-3-5-14-9-18(14)15-8-17(11-19-10-15)22-12-16-6-7-20(16)2;1-13(21)4-2-5-14-9-18(14)15-8-17(11-19-10-15)22-12-16-6-3-7-20-16;1-12(20)2-3-14-8-15(14)6-13-7-17(10-18-9-13)21-11-16-4-5-19-16;1-12(20)3-2-4-13-8-17(13)14-7-16(10-18-9-14)21-11-15-5-6-19-15;1-10(19)18-15-6-12(15)4-11-5-14(8-16-7-11)20-9-13-2-3-17-13/h9,11-12,15,17,19H,3-8,10,13H2,1-2H3;8,10-11,14,16,18H,3-7,9,12H2,1-2H3;8,10-11,14,16,18,20H,2-7,9,12H2,1H3;7,9-10,14-16,19H,2-6,8,11H2,1H3;7,9-10,13,15,17,19H,2-6,8,11H2,1H3;5,7-8,12-13,15,17H,2-4,6,9H2,1H3,(H,18,19)/t15-,17-,19-;2*14-,16-,18-;14-,15-,16+;13-,15?,17-;12-,13+,15-/m000101/s1. The molecular formula is C104H149N13O12. The zero-order valence-corrected chi connectivity index (χ0v) is 78.5. The molecule has 6 aromatic rings. The van der Waals surface area contributed by atoms with E-state index in [1.54, 1.807) is 60.1 Å². The number of aromatic nitrogens is 6. The molecule has 0 spiro atoms. The van der Waals surface area contributed by atoms with Crippen LogP contribution in [0.2, 0.25) is 0 Å². The Morgan fingerprint density at radius 2 is 0.674 bits per heavy atom. The van der Waals surface area contributed by atoms with Gasteiger partial charge in [0.1, 0.15) is 103 Å². The predicted molar refractivity (Wildman–Crippen MR) is 501 cm³/mol. The number of nitrogens with one attached hydrogen (secondary N) is 5. The molecule has 0 radical (unpaired) electrons. The second-order valence-electron chi connectivity index (χ2n) is 39.5. The molecule has 12 fully saturated rings. The largest absolute Gasteiger partial charge is 0.490 e. The minimum atomic E-state index is 0.0562. The Balaban J connectivity index is 0.000000132. The molecule has 1 amide bonds. The molecule has 18 atom stereocenters. The maximum absolute atomic E-state index is 11.0. The highest BCUT2D eigenvalue weighted by atomic mass is 16.5. The minimum absolute atomic E-state index is 0.0562. The first-order valence-electron chi connectivity index (χ1n) is 49.1. The Morgan fingerprint density at radius 1 is 0.333 bits per heavy atom. The van der Waals surface area contributed by atoms with Gasteiger partial charge in [-0.15, -0.1) is 0 Å². The highest BCUT2D eigenvalue weighted by Gasteiger charge is 2.43. The first kappa shape index (κ1) is 97.8. The van der Waals surface area contributed by atoms with Crippen LogP contribution in [-0.4, -0.2) is 210 Å². The number of nitrogens with zero attached hydrogens (tertiary/aromatic N) is 8. The fraction of sp³-hybridized carbons (Fsp3) is 0.654. The van der Waals surface area contributed by atoms with Gasteiger partial charge in [-0.05, 0) is 383 Å². The van der Waals surface area contributed by atoms with Crippen molar-refractivity contribution < 1.29 is 57.2 Å². The molecular weight excluding hydrogens is 1620 g/mol. The van der Waals surface area contributed by atoms with E-state index in [0.717, 1.165) is 238 Å². The molecule has 6 aliphatic heterocycles. The lowest BCUT2D eigenvalue weighted by Crippen LogP contribution is -2.48. The number of carbonyl (C=O) groups excluding carboxylic acids is 6. The van der Waals surface area contributed by atoms with Crippen molar-refractivity contribution in [1.29, 1.82) is 0 Å². The Kier molecular flexibility index (Phi) is 38.1. The van der Waals surface area contributed by atoms with Crippen molar-refractivity contribution in [3.63, 3.8) is 0 Å². The van der Waals surface area contributed by atoms with E-state index in [1.807, 2.05) is 55.8 Å². The Labute approximate surface area is 767 Å². The summed E-state index contributed by atoms with van der Waals surface area (Å²) in [7, 11) is 4.31. The highest BCUT2D eigenvalue weighted by molar-refractivity contribution is 5.77. The molecule has 0 aromatic carbocycles. The molecule has 6 aromatic heterocycles. The maximum Gasteiger partial charge on any atom is 0.217 e. The first-order valence-corrected chi connectivity index (χ1v) is 49.1. The number of Topliss-reactive ketones (excluding diaryl/α,β-unsaturated/α-hetero) is 5. The van der Waals surface area contributed by atoms with Crippen LogP contribution in [0.1, 0.15) is 278 Å². The van der Waals surface area contributed by atoms with Gasteiger partial charge in [0.2, 0.25) is 5.91 Å². The number of carbonyl (C=O) groups is 6. The molecule has 25 nitrogen and oxygen atoms in total. The lowest BCUT2D eigenvalue weighted by atomic mass is 10.1. The second kappa shape index (κ2) is 50.2. The van der Waals surface area contributed by atoms with Gasteiger partial charge in [-0.2, -0.15) is 0 Å². The summed E-state index contributed by atoms with van der Waals surface area (Å²) in [6.07, 6.45) is 54.9. The van der Waals surface area contributed by atoms with Gasteiger partial charge in [0.15, 0.2) is 0 Å². The van der Waals surface area contributed by atoms with E-state index < -0.39 is 0 Å². The van der Waals surface area contributed by atoms with E-state index in [0.29, 0.717) is 107 Å². The molecule has 12 heterocycles. The van der Waals surface area contributed by atoms with E-state index in [1.165, 1.54) is 130 Å². The van der Waals surface area contributed by atoms with Crippen LogP contribution < -0.4 is 55.0 Å². The summed E-state index contributed by atoms with van der Waals surface area (Å²) in [5.41, 5.74) is 7.63. The van der Waals surface area contributed by atoms with Crippen molar-refractivity contribution in [3.8, 4) is 34.5 Å². The average molecular weight is 1770 g/mol. The fourth-order valence-electron chi connectivity index (χ4n) is 18.9. The van der Waals surface area contributed by atoms with Crippen molar-refractivity contribution in [2.24, 2.45) is 41.4 Å². The summed E-state index contributed by atoms with van der Waals surface area (Å²) in [5, 5.41) is 16.4. The first-order chi connectivity index (χ1) is 62.6. The summed E-state index contributed by atoms with van der Waals surface area (Å²) >= 11 is 0. The predicted octanol–water partition coefficient (Wildman–Crippen LogP) is 15.5. The van der Waals surface area contributed by atoms with Crippen LogP contribution in [0.25, 0.3) is 0 Å². The van der Waals surface area contributed by atoms with Gasteiger partial charge in [-0.25, -0.2) is 0 Å². The Morgan fingerprint density at radius 3 is 0.984 bits per heavy atom. The van der Waals surface area contributed by atoms with Crippen LogP contribution in [0.15, 0.2) is 111 Å². The zero-order valence-electron chi connectivity index (χ0n) is 78.5. The fourth-order valence-corrected chi connectivity index (χ4v) is 18.9. The average Bonchev–Trinajstić information content (AvgIpc) is 1.27. The van der Waals surface area contributed by atoms with Gasteiger partial charge in [0.05, 0.1) is 37.2 Å². The number of amides is 1. The molecule has 702 valence electrons. The number of ether oxygens (including phenoxy) is 6. The molecule has 5 N–H and O–H groups in total. The number of pyridine rings is 6. The number of likely N-dealkylation sites (tertiary alicyclic amines) is 2. The van der Waals surface area contributed by atoms with E-state index in [4.69, 9.17) is 28.4 Å². The SMILES string of the molecule is CC(=O)CCC[C@H]1C[C@@H]1c1cncc(OCC2CCN2)c1.CC(=O)CCC[C@H]1C[C@@H]1c1cncc(OC[C@@H]2CCCN2)c1.CC(=O)CCC[C@H]1C[C@@H]1c1cncc(OC[C@@H]2CCCN2C)c1.CC(=O)CCC[C@H]1C[C@@H]1c1cncc(OC[C@@H]2CCN2C)c1.CC(=O)CC[C@@H]1C[C@H]1Cc1cncc(OC[C@@H]2CCN2)c1.CC(=O)N[C@@H]1C[C@H]1Cc1cncc(OC[C@@H]2CCN2)c1. The number of rotatable bonds is 46. The van der Waals surface area contributed by atoms with Gasteiger partial charge in [-0.1, -0.05) is 0 Å². The molecule has 18 rings (SSSR count). The van der Waals surface area contributed by atoms with Crippen LogP contribution in [0.5, 0.6) is 34.5 Å². The molecule has 6 aliphatic carbocycles. The van der Waals surface area contributed by atoms with Crippen molar-refractivity contribution in [2.45, 2.75) is 300 Å². The molecule has 12 aliphatic rings. The lowest BCUT2D eigenvalue weighted by Gasteiger charge is -2.37. The monoisotopic (exact) mass is 1770 g/mol. The van der Waals surface area contributed by atoms with Gasteiger partial charge in [-0.3, -0.25) is 39.6 Å². The number of hydrogen-bond donors (Lipinski definition) is 5. The quantitative estimate of drug-likeness (QED) is 0.0237. The maximum atomic E-state index is 11.0. The van der Waals surface area contributed by atoms with Gasteiger partial charge >= 0.3 is 0 Å². The molecule has 25 heteroatoms. The van der Waals surface area contributed by atoms with E-state index in [2.05, 4.69) is 117 Å². The van der Waals surface area contributed by atoms with Crippen molar-refractivity contribution in [2.75, 3.05) is 93.0 Å². The van der Waals surface area contributed by atoms with E-state index >= 15 is 0 Å². The summed E-state index contributed by atoms with van der Waals surface area (Å²) < 4.78 is 35.1. The van der Waals surface area contributed by atoms with Crippen LogP contribution in [0, 0.1) is 41.4 Å². The van der Waals surface area contributed by atoms with Crippen molar-refractivity contribution in [3.05, 3.63) is 144 Å². The van der Waals surface area contributed by atoms with E-state index in [-0.39, 0.29) is 5.91 Å². The third-order valence-corrected chi connectivity index (χ3v) is 28.3.